The van der Waals surface area contributed by atoms with Crippen molar-refractivity contribution in [1.82, 2.24) is 9.80 Å². The molecule has 0 unspecified atom stereocenters. The Morgan fingerprint density at radius 3 is 2.28 bits per heavy atom. The van der Waals surface area contributed by atoms with Gasteiger partial charge in [0.05, 0.1) is 6.61 Å². The van der Waals surface area contributed by atoms with Crippen LogP contribution in [-0.2, 0) is 10.7 Å². The highest BCUT2D eigenvalue weighted by molar-refractivity contribution is 7.94. The second-order valence-corrected chi connectivity index (χ2v) is 7.55. The molecule has 2 aromatic carbocycles. The lowest BCUT2D eigenvalue weighted by molar-refractivity contribution is 0.122. The molecule has 0 saturated carbocycles. The maximum Gasteiger partial charge on any atom is 0.0630 e. The van der Waals surface area contributed by atoms with Crippen LogP contribution in [0.2, 0.25) is 0 Å². The molecule has 1 aliphatic rings. The second-order valence-electron chi connectivity index (χ2n) is 6.68. The number of rotatable bonds is 8. The highest BCUT2D eigenvalue weighted by Crippen LogP contribution is 2.19. The zero-order valence-electron chi connectivity index (χ0n) is 15.1. The lowest BCUT2D eigenvalue weighted by Gasteiger charge is -2.34. The Balaban J connectivity index is 1.26. The molecule has 0 radical (unpaired) electrons. The van der Waals surface area contributed by atoms with Crippen LogP contribution in [0, 0.1) is 6.92 Å². The van der Waals surface area contributed by atoms with Crippen molar-refractivity contribution in [2.75, 3.05) is 39.3 Å². The van der Waals surface area contributed by atoms with Crippen LogP contribution in [-0.4, -0.2) is 49.1 Å². The van der Waals surface area contributed by atoms with E-state index in [9.17, 15) is 0 Å². The summed E-state index contributed by atoms with van der Waals surface area (Å²) in [5, 5.41) is 0. The van der Waals surface area contributed by atoms with Crippen molar-refractivity contribution in [1.29, 1.82) is 0 Å². The third-order valence-corrected chi connectivity index (χ3v) is 5.34. The van der Waals surface area contributed by atoms with E-state index < -0.39 is 0 Å². The van der Waals surface area contributed by atoms with Crippen LogP contribution < -0.4 is 0 Å². The summed E-state index contributed by atoms with van der Waals surface area (Å²) >= 11 is 1.49. The minimum absolute atomic E-state index is 0.808. The number of nitrogens with zero attached hydrogens (tertiary/aromatic N) is 2. The first-order valence-electron chi connectivity index (χ1n) is 9.14. The molecule has 3 nitrogen and oxygen atoms in total. The van der Waals surface area contributed by atoms with Gasteiger partial charge in [-0.05, 0) is 31.0 Å². The summed E-state index contributed by atoms with van der Waals surface area (Å²) in [6.07, 6.45) is 1.09. The maximum absolute atomic E-state index is 5.73. The minimum Gasteiger partial charge on any atom is -0.310 e. The minimum atomic E-state index is 0.808. The summed E-state index contributed by atoms with van der Waals surface area (Å²) in [5.41, 5.74) is 2.70. The van der Waals surface area contributed by atoms with Gasteiger partial charge in [0.2, 0.25) is 0 Å². The number of benzene rings is 2. The molecule has 1 heterocycles. The molecule has 0 aromatic heterocycles. The fourth-order valence-corrected chi connectivity index (χ4v) is 3.65. The molecule has 2 aromatic rings. The van der Waals surface area contributed by atoms with E-state index in [0.717, 1.165) is 52.3 Å². The molecule has 0 spiro atoms. The van der Waals surface area contributed by atoms with Crippen molar-refractivity contribution in [3.05, 3.63) is 65.7 Å². The molecule has 1 fully saturated rings. The molecular formula is C21H28N2OS. The van der Waals surface area contributed by atoms with Crippen LogP contribution in [0.4, 0.5) is 0 Å². The van der Waals surface area contributed by atoms with Gasteiger partial charge in [0.25, 0.3) is 0 Å². The number of piperazine rings is 1. The smallest absolute Gasteiger partial charge is 0.0630 e. The summed E-state index contributed by atoms with van der Waals surface area (Å²) in [6, 6.07) is 19.3. The molecule has 1 aliphatic heterocycles. The molecular weight excluding hydrogens is 328 g/mol. The van der Waals surface area contributed by atoms with Crippen LogP contribution in [0.1, 0.15) is 17.5 Å². The average molecular weight is 357 g/mol. The van der Waals surface area contributed by atoms with Crippen LogP contribution in [0.25, 0.3) is 0 Å². The SMILES string of the molecule is Cc1ccc(SOCCCN2CCN(Cc3ccccc3)CC2)cc1. The van der Waals surface area contributed by atoms with Crippen LogP contribution in [0.15, 0.2) is 59.5 Å². The monoisotopic (exact) mass is 356 g/mol. The quantitative estimate of drug-likeness (QED) is 0.519. The normalized spacial score (nSPS) is 16.2. The third kappa shape index (κ3) is 6.48. The van der Waals surface area contributed by atoms with E-state index in [1.54, 1.807) is 0 Å². The fourth-order valence-electron chi connectivity index (χ4n) is 3.06. The van der Waals surface area contributed by atoms with Crippen LogP contribution >= 0.6 is 12.0 Å². The Kier molecular flexibility index (Phi) is 7.37. The Hall–Kier alpha value is -1.33. The van der Waals surface area contributed by atoms with Crippen molar-refractivity contribution >= 4 is 12.0 Å². The first-order valence-corrected chi connectivity index (χ1v) is 9.88. The summed E-state index contributed by atoms with van der Waals surface area (Å²) in [4.78, 5) is 6.29. The van der Waals surface area contributed by atoms with Crippen LogP contribution in [0.3, 0.4) is 0 Å². The first-order chi connectivity index (χ1) is 12.3. The van der Waals surface area contributed by atoms with Crippen molar-refractivity contribution < 1.29 is 4.18 Å². The topological polar surface area (TPSA) is 15.7 Å². The Labute approximate surface area is 156 Å². The van der Waals surface area contributed by atoms with Gasteiger partial charge < -0.3 is 9.08 Å². The van der Waals surface area contributed by atoms with Crippen molar-refractivity contribution in [3.8, 4) is 0 Å². The van der Waals surface area contributed by atoms with Crippen molar-refractivity contribution in [2.45, 2.75) is 24.8 Å². The van der Waals surface area contributed by atoms with Gasteiger partial charge in [0.1, 0.15) is 0 Å². The second kappa shape index (κ2) is 9.97. The van der Waals surface area contributed by atoms with Crippen molar-refractivity contribution in [3.63, 3.8) is 0 Å². The van der Waals surface area contributed by atoms with E-state index in [-0.39, 0.29) is 0 Å². The highest BCUT2D eigenvalue weighted by Gasteiger charge is 2.16. The largest absolute Gasteiger partial charge is 0.310 e. The van der Waals surface area contributed by atoms with Gasteiger partial charge in [-0.25, -0.2) is 0 Å². The maximum atomic E-state index is 5.73. The number of aryl methyl sites for hydroxylation is 1. The molecule has 0 bridgehead atoms. The van der Waals surface area contributed by atoms with Gasteiger partial charge in [0.15, 0.2) is 0 Å². The van der Waals surface area contributed by atoms with E-state index >= 15 is 0 Å². The fraction of sp³-hybridized carbons (Fsp3) is 0.429. The summed E-state index contributed by atoms with van der Waals surface area (Å²) < 4.78 is 5.73. The van der Waals surface area contributed by atoms with Gasteiger partial charge in [-0.15, -0.1) is 0 Å². The van der Waals surface area contributed by atoms with Gasteiger partial charge in [-0.1, -0.05) is 48.0 Å². The van der Waals surface area contributed by atoms with E-state index in [2.05, 4.69) is 71.3 Å². The molecule has 134 valence electrons. The zero-order chi connectivity index (χ0) is 17.3. The molecule has 25 heavy (non-hydrogen) atoms. The van der Waals surface area contributed by atoms with Crippen LogP contribution in [0.5, 0.6) is 0 Å². The first kappa shape index (κ1) is 18.5. The van der Waals surface area contributed by atoms with Gasteiger partial charge in [0, 0.05) is 56.2 Å². The standard InChI is InChI=1S/C21H28N2OS/c1-19-8-10-21(11-9-19)25-24-17-5-12-22-13-15-23(16-14-22)18-20-6-3-2-4-7-20/h2-4,6-11H,5,12-18H2,1H3. The Morgan fingerprint density at radius 2 is 1.56 bits per heavy atom. The molecule has 4 heteroatoms. The third-order valence-electron chi connectivity index (χ3n) is 4.59. The summed E-state index contributed by atoms with van der Waals surface area (Å²) in [6.45, 7) is 9.77. The van der Waals surface area contributed by atoms with Gasteiger partial charge in [-0.3, -0.25) is 4.90 Å². The van der Waals surface area contributed by atoms with Crippen molar-refractivity contribution in [2.24, 2.45) is 0 Å². The lowest BCUT2D eigenvalue weighted by atomic mass is 10.2. The van der Waals surface area contributed by atoms with Gasteiger partial charge >= 0.3 is 0 Å². The summed E-state index contributed by atoms with van der Waals surface area (Å²) in [5.74, 6) is 0. The predicted octanol–water partition coefficient (Wildman–Crippen LogP) is 4.23. The number of hydrogen-bond acceptors (Lipinski definition) is 4. The zero-order valence-corrected chi connectivity index (χ0v) is 15.9. The molecule has 0 aliphatic carbocycles. The average Bonchev–Trinajstić information content (AvgIpc) is 2.65. The summed E-state index contributed by atoms with van der Waals surface area (Å²) in [7, 11) is 0. The molecule has 3 rings (SSSR count). The molecule has 0 atom stereocenters. The van der Waals surface area contributed by atoms with E-state index in [1.807, 2.05) is 0 Å². The predicted molar refractivity (Wildman–Crippen MR) is 106 cm³/mol. The Bertz CT molecular complexity index is 610. The highest BCUT2D eigenvalue weighted by atomic mass is 32.2. The molecule has 0 amide bonds. The Morgan fingerprint density at radius 1 is 0.880 bits per heavy atom. The number of hydrogen-bond donors (Lipinski definition) is 0. The van der Waals surface area contributed by atoms with E-state index in [4.69, 9.17) is 4.18 Å². The lowest BCUT2D eigenvalue weighted by Crippen LogP contribution is -2.46. The van der Waals surface area contributed by atoms with Gasteiger partial charge in [-0.2, -0.15) is 0 Å². The molecule has 0 N–H and O–H groups in total. The van der Waals surface area contributed by atoms with E-state index in [1.165, 1.54) is 28.1 Å². The van der Waals surface area contributed by atoms with E-state index in [0.29, 0.717) is 0 Å². The molecule has 1 saturated heterocycles.